The Labute approximate surface area is 109 Å². The molecule has 0 heterocycles. The zero-order chi connectivity index (χ0) is 13.2. The summed E-state index contributed by atoms with van der Waals surface area (Å²) in [5.74, 6) is 0.918. The van der Waals surface area contributed by atoms with Crippen molar-refractivity contribution >= 4 is 5.91 Å². The van der Waals surface area contributed by atoms with Gasteiger partial charge in [-0.15, -0.1) is 0 Å². The van der Waals surface area contributed by atoms with Gasteiger partial charge in [-0.05, 0) is 37.1 Å². The average molecular weight is 250 g/mol. The van der Waals surface area contributed by atoms with Crippen molar-refractivity contribution < 1.29 is 9.53 Å². The second-order valence-electron chi connectivity index (χ2n) is 4.16. The van der Waals surface area contributed by atoms with Crippen LogP contribution < -0.4 is 15.8 Å². The fraction of sp³-hybridized carbons (Fsp3) is 0.500. The van der Waals surface area contributed by atoms with Crippen molar-refractivity contribution in [3.63, 3.8) is 0 Å². The maximum Gasteiger partial charge on any atom is 0.220 e. The molecular formula is C14H22N2O2. The molecule has 1 aromatic rings. The highest BCUT2D eigenvalue weighted by molar-refractivity contribution is 5.75. The van der Waals surface area contributed by atoms with Crippen LogP contribution in [-0.2, 0) is 11.3 Å². The average Bonchev–Trinajstić information content (AvgIpc) is 2.41. The molecule has 3 N–H and O–H groups in total. The first-order chi connectivity index (χ1) is 8.76. The van der Waals surface area contributed by atoms with Crippen LogP contribution in [0.25, 0.3) is 0 Å². The van der Waals surface area contributed by atoms with Gasteiger partial charge in [-0.3, -0.25) is 4.79 Å². The molecule has 1 amide bonds. The van der Waals surface area contributed by atoms with Gasteiger partial charge in [-0.2, -0.15) is 0 Å². The molecule has 0 radical (unpaired) electrons. The number of ether oxygens (including phenoxy) is 1. The van der Waals surface area contributed by atoms with Gasteiger partial charge in [0.1, 0.15) is 5.75 Å². The summed E-state index contributed by atoms with van der Waals surface area (Å²) < 4.78 is 5.49. The monoisotopic (exact) mass is 250 g/mol. The van der Waals surface area contributed by atoms with Gasteiger partial charge in [0.15, 0.2) is 0 Å². The molecule has 100 valence electrons. The molecule has 0 atom stereocenters. The third-order valence-corrected chi connectivity index (χ3v) is 2.49. The van der Waals surface area contributed by atoms with Crippen molar-refractivity contribution in [1.29, 1.82) is 0 Å². The number of rotatable bonds is 8. The van der Waals surface area contributed by atoms with E-state index < -0.39 is 0 Å². The van der Waals surface area contributed by atoms with Crippen LogP contribution in [0.15, 0.2) is 24.3 Å². The van der Waals surface area contributed by atoms with Gasteiger partial charge >= 0.3 is 0 Å². The number of hydrogen-bond donors (Lipinski definition) is 2. The molecular weight excluding hydrogens is 228 g/mol. The SMILES string of the molecule is CCCOc1ccc(CNC(=O)CCCN)cc1. The highest BCUT2D eigenvalue weighted by atomic mass is 16.5. The lowest BCUT2D eigenvalue weighted by Crippen LogP contribution is -2.23. The summed E-state index contributed by atoms with van der Waals surface area (Å²) in [5, 5.41) is 2.86. The number of amides is 1. The smallest absolute Gasteiger partial charge is 0.220 e. The van der Waals surface area contributed by atoms with E-state index in [9.17, 15) is 4.79 Å². The molecule has 0 saturated carbocycles. The predicted molar refractivity (Wildman–Crippen MR) is 72.4 cm³/mol. The molecule has 1 rings (SSSR count). The van der Waals surface area contributed by atoms with Crippen LogP contribution in [0.2, 0.25) is 0 Å². The molecule has 0 fully saturated rings. The second-order valence-corrected chi connectivity index (χ2v) is 4.16. The molecule has 0 aliphatic rings. The fourth-order valence-corrected chi connectivity index (χ4v) is 1.48. The summed E-state index contributed by atoms with van der Waals surface area (Å²) in [5.41, 5.74) is 6.42. The van der Waals surface area contributed by atoms with E-state index in [1.165, 1.54) is 0 Å². The summed E-state index contributed by atoms with van der Waals surface area (Å²) in [7, 11) is 0. The Hall–Kier alpha value is -1.55. The van der Waals surface area contributed by atoms with E-state index >= 15 is 0 Å². The van der Waals surface area contributed by atoms with Gasteiger partial charge in [-0.1, -0.05) is 19.1 Å². The summed E-state index contributed by atoms with van der Waals surface area (Å²) >= 11 is 0. The van der Waals surface area contributed by atoms with Crippen LogP contribution in [0.4, 0.5) is 0 Å². The van der Waals surface area contributed by atoms with Gasteiger partial charge < -0.3 is 15.8 Å². The van der Waals surface area contributed by atoms with Crippen LogP contribution in [0, 0.1) is 0 Å². The van der Waals surface area contributed by atoms with Crippen molar-refractivity contribution in [3.8, 4) is 5.75 Å². The lowest BCUT2D eigenvalue weighted by molar-refractivity contribution is -0.121. The molecule has 18 heavy (non-hydrogen) atoms. The Morgan fingerprint density at radius 2 is 2.06 bits per heavy atom. The standard InChI is InChI=1S/C14H22N2O2/c1-2-10-18-13-7-5-12(6-8-13)11-16-14(17)4-3-9-15/h5-8H,2-4,9-11,15H2,1H3,(H,16,17). The molecule has 4 nitrogen and oxygen atoms in total. The minimum Gasteiger partial charge on any atom is -0.494 e. The van der Waals surface area contributed by atoms with Crippen LogP contribution >= 0.6 is 0 Å². The quantitative estimate of drug-likeness (QED) is 0.740. The zero-order valence-electron chi connectivity index (χ0n) is 10.9. The largest absolute Gasteiger partial charge is 0.494 e. The van der Waals surface area contributed by atoms with E-state index in [2.05, 4.69) is 12.2 Å². The predicted octanol–water partition coefficient (Wildman–Crippen LogP) is 1.83. The number of benzene rings is 1. The molecule has 0 bridgehead atoms. The minimum absolute atomic E-state index is 0.0479. The van der Waals surface area contributed by atoms with Crippen LogP contribution in [0.5, 0.6) is 5.75 Å². The highest BCUT2D eigenvalue weighted by Crippen LogP contribution is 2.12. The van der Waals surface area contributed by atoms with E-state index in [1.54, 1.807) is 0 Å². The molecule has 0 unspecified atom stereocenters. The summed E-state index contributed by atoms with van der Waals surface area (Å²) in [4.78, 5) is 11.4. The first-order valence-electron chi connectivity index (χ1n) is 6.44. The van der Waals surface area contributed by atoms with Crippen LogP contribution in [0.3, 0.4) is 0 Å². The molecule has 1 aromatic carbocycles. The molecule has 0 aromatic heterocycles. The third-order valence-electron chi connectivity index (χ3n) is 2.49. The topological polar surface area (TPSA) is 64.3 Å². The van der Waals surface area contributed by atoms with Crippen LogP contribution in [0.1, 0.15) is 31.7 Å². The lowest BCUT2D eigenvalue weighted by Gasteiger charge is -2.07. The summed E-state index contributed by atoms with van der Waals surface area (Å²) in [6, 6.07) is 7.79. The molecule has 0 aliphatic heterocycles. The number of hydrogen-bond acceptors (Lipinski definition) is 3. The van der Waals surface area contributed by atoms with Gasteiger partial charge in [-0.25, -0.2) is 0 Å². The Morgan fingerprint density at radius 3 is 2.67 bits per heavy atom. The first kappa shape index (κ1) is 14.5. The normalized spacial score (nSPS) is 10.1. The Morgan fingerprint density at radius 1 is 1.33 bits per heavy atom. The lowest BCUT2D eigenvalue weighted by atomic mass is 10.2. The van der Waals surface area contributed by atoms with E-state index in [-0.39, 0.29) is 5.91 Å². The summed E-state index contributed by atoms with van der Waals surface area (Å²) in [6.45, 7) is 3.91. The van der Waals surface area contributed by atoms with Gasteiger partial charge in [0.05, 0.1) is 6.61 Å². The van der Waals surface area contributed by atoms with E-state index in [4.69, 9.17) is 10.5 Å². The third kappa shape index (κ3) is 5.68. The second kappa shape index (κ2) is 8.53. The maximum atomic E-state index is 11.4. The Kier molecular flexibility index (Phi) is 6.87. The molecule has 0 spiro atoms. The van der Waals surface area contributed by atoms with Crippen molar-refractivity contribution in [3.05, 3.63) is 29.8 Å². The van der Waals surface area contributed by atoms with Gasteiger partial charge in [0, 0.05) is 13.0 Å². The zero-order valence-corrected chi connectivity index (χ0v) is 10.9. The number of nitrogens with one attached hydrogen (secondary N) is 1. The van der Waals surface area contributed by atoms with Crippen molar-refractivity contribution in [1.82, 2.24) is 5.32 Å². The van der Waals surface area contributed by atoms with Crippen molar-refractivity contribution in [2.75, 3.05) is 13.2 Å². The van der Waals surface area contributed by atoms with Gasteiger partial charge in [0.2, 0.25) is 5.91 Å². The van der Waals surface area contributed by atoms with Crippen molar-refractivity contribution in [2.45, 2.75) is 32.7 Å². The number of nitrogens with two attached hydrogens (primary N) is 1. The molecule has 0 aliphatic carbocycles. The summed E-state index contributed by atoms with van der Waals surface area (Å²) in [6.07, 6.45) is 2.22. The fourth-order valence-electron chi connectivity index (χ4n) is 1.48. The Bertz CT molecular complexity index is 349. The maximum absolute atomic E-state index is 11.4. The van der Waals surface area contributed by atoms with Crippen molar-refractivity contribution in [2.24, 2.45) is 5.73 Å². The minimum atomic E-state index is 0.0479. The molecule has 0 saturated heterocycles. The number of carbonyl (C=O) groups is 1. The van der Waals surface area contributed by atoms with E-state index in [1.807, 2.05) is 24.3 Å². The van der Waals surface area contributed by atoms with Gasteiger partial charge in [0.25, 0.3) is 0 Å². The van der Waals surface area contributed by atoms with E-state index in [0.29, 0.717) is 19.5 Å². The van der Waals surface area contributed by atoms with Crippen LogP contribution in [-0.4, -0.2) is 19.1 Å². The highest BCUT2D eigenvalue weighted by Gasteiger charge is 2.00. The van der Waals surface area contributed by atoms with E-state index in [0.717, 1.165) is 30.8 Å². The first-order valence-corrected chi connectivity index (χ1v) is 6.44. The number of carbonyl (C=O) groups excluding carboxylic acids is 1. The Balaban J connectivity index is 2.32. The molecule has 4 heteroatoms.